The third-order valence-electron chi connectivity index (χ3n) is 12.0. The minimum atomic E-state index is -0.293. The number of H-pyrrole nitrogens is 3. The molecule has 3 saturated heterocycles. The summed E-state index contributed by atoms with van der Waals surface area (Å²) in [6.45, 7) is 8.05. The number of nitrogens with one attached hydrogen (secondary N) is 3. The van der Waals surface area contributed by atoms with Crippen LogP contribution in [0.2, 0.25) is 0 Å². The van der Waals surface area contributed by atoms with E-state index in [9.17, 15) is 13.2 Å². The number of rotatable bonds is 6. The van der Waals surface area contributed by atoms with E-state index in [2.05, 4.69) is 29.9 Å². The smallest absolute Gasteiger partial charge is 0.166 e. The normalized spacial score (nSPS) is 15.4. The molecule has 9 aromatic rings. The van der Waals surface area contributed by atoms with E-state index in [1.54, 1.807) is 24.7 Å². The molecule has 3 aliphatic heterocycles. The first-order valence-electron chi connectivity index (χ1n) is 22.1. The number of para-hydroxylation sites is 3. The van der Waals surface area contributed by atoms with E-state index in [-0.39, 0.29) is 17.5 Å². The summed E-state index contributed by atoms with van der Waals surface area (Å²) < 4.78 is 59.3. The summed E-state index contributed by atoms with van der Waals surface area (Å²) in [6, 6.07) is 34.4. The van der Waals surface area contributed by atoms with Crippen molar-refractivity contribution in [1.29, 1.82) is 0 Å². The molecule has 3 fully saturated rings. The molecular weight excluding hydrogens is 844 g/mol. The molecule has 0 atom stereocenters. The highest BCUT2D eigenvalue weighted by molar-refractivity contribution is 5.87. The number of hydrogen-bond acceptors (Lipinski definition) is 9. The predicted molar refractivity (Wildman–Crippen MR) is 254 cm³/mol. The lowest BCUT2D eigenvalue weighted by Crippen LogP contribution is -2.37. The summed E-state index contributed by atoms with van der Waals surface area (Å²) in [6.07, 6.45) is 4.94. The largest absolute Gasteiger partial charge is 0.378 e. The van der Waals surface area contributed by atoms with Gasteiger partial charge in [-0.1, -0.05) is 54.6 Å². The fourth-order valence-corrected chi connectivity index (χ4v) is 8.44. The average Bonchev–Trinajstić information content (AvgIpc) is 4.13. The number of hydrogen-bond donors (Lipinski definition) is 3. The number of aromatic amines is 3. The molecule has 3 aliphatic rings. The van der Waals surface area contributed by atoms with Gasteiger partial charge in [-0.05, 0) is 42.5 Å². The first-order valence-corrected chi connectivity index (χ1v) is 22.1. The van der Waals surface area contributed by atoms with Crippen LogP contribution < -0.4 is 14.7 Å². The SMILES string of the molecule is Fc1cc(-c2cc3ccccc3[nH]2)cnc1N1CCOCC1.Fc1cc(-c2cc3ccccc3[nH]2)ncc1N1CCOCC1.Fc1cc(N2CCOCC2)ncc1-c1cc2ccccc2[nH]1. The van der Waals surface area contributed by atoms with E-state index in [1.165, 1.54) is 12.1 Å². The van der Waals surface area contributed by atoms with Crippen molar-refractivity contribution >= 4 is 50.0 Å². The van der Waals surface area contributed by atoms with Gasteiger partial charge in [0, 0.05) is 108 Å². The van der Waals surface area contributed by atoms with E-state index in [0.29, 0.717) is 94.4 Å². The van der Waals surface area contributed by atoms with Gasteiger partial charge in [0.15, 0.2) is 11.6 Å². The molecule has 12 nitrogen and oxygen atoms in total. The highest BCUT2D eigenvalue weighted by atomic mass is 19.1. The Morgan fingerprint density at radius 1 is 0.439 bits per heavy atom. The number of halogens is 3. The Kier molecular flexibility index (Phi) is 12.6. The number of fused-ring (bicyclic) bond motifs is 3. The summed E-state index contributed by atoms with van der Waals surface area (Å²) in [5.41, 5.74) is 7.92. The summed E-state index contributed by atoms with van der Waals surface area (Å²) in [5.74, 6) is 0.274. The van der Waals surface area contributed by atoms with Crippen LogP contribution in [0.1, 0.15) is 0 Å². The van der Waals surface area contributed by atoms with Gasteiger partial charge in [0.05, 0.1) is 74.2 Å². The number of nitrogens with zero attached hydrogens (tertiary/aromatic N) is 6. The van der Waals surface area contributed by atoms with E-state index >= 15 is 0 Å². The van der Waals surface area contributed by atoms with E-state index in [0.717, 1.165) is 68.4 Å². The van der Waals surface area contributed by atoms with Gasteiger partial charge in [-0.25, -0.2) is 23.1 Å². The summed E-state index contributed by atoms with van der Waals surface area (Å²) in [7, 11) is 0. The summed E-state index contributed by atoms with van der Waals surface area (Å²) >= 11 is 0. The summed E-state index contributed by atoms with van der Waals surface area (Å²) in [4.78, 5) is 28.9. The number of benzene rings is 3. The Morgan fingerprint density at radius 2 is 0.955 bits per heavy atom. The number of ether oxygens (including phenoxy) is 3. The van der Waals surface area contributed by atoms with Crippen LogP contribution in [0.15, 0.2) is 128 Å². The first-order chi connectivity index (χ1) is 32.4. The van der Waals surface area contributed by atoms with Gasteiger partial charge >= 0.3 is 0 Å². The fourth-order valence-electron chi connectivity index (χ4n) is 8.44. The second-order valence-electron chi connectivity index (χ2n) is 16.2. The molecule has 66 heavy (non-hydrogen) atoms. The van der Waals surface area contributed by atoms with Gasteiger partial charge in [-0.15, -0.1) is 0 Å². The van der Waals surface area contributed by atoms with E-state index < -0.39 is 0 Å². The Labute approximate surface area is 379 Å². The van der Waals surface area contributed by atoms with Gasteiger partial charge in [0.2, 0.25) is 0 Å². The molecule has 6 aromatic heterocycles. The molecule has 0 spiro atoms. The van der Waals surface area contributed by atoms with E-state index in [4.69, 9.17) is 14.2 Å². The maximum Gasteiger partial charge on any atom is 0.166 e. The molecule has 0 aliphatic carbocycles. The minimum Gasteiger partial charge on any atom is -0.378 e. The fraction of sp³-hybridized carbons (Fsp3) is 0.235. The number of morpholine rings is 3. The lowest BCUT2D eigenvalue weighted by atomic mass is 10.2. The maximum atomic E-state index is 14.5. The van der Waals surface area contributed by atoms with Crippen molar-refractivity contribution in [1.82, 2.24) is 29.9 Å². The molecular formula is C51H48F3N9O3. The number of anilines is 3. The van der Waals surface area contributed by atoms with Crippen LogP contribution >= 0.6 is 0 Å². The molecule has 3 aromatic carbocycles. The van der Waals surface area contributed by atoms with Crippen LogP contribution in [0.5, 0.6) is 0 Å². The molecule has 12 rings (SSSR count). The zero-order chi connectivity index (χ0) is 44.8. The maximum absolute atomic E-state index is 14.5. The highest BCUT2D eigenvalue weighted by Gasteiger charge is 2.20. The van der Waals surface area contributed by atoms with Gasteiger partial charge in [-0.3, -0.25) is 4.98 Å². The van der Waals surface area contributed by atoms with Crippen LogP contribution in [0.3, 0.4) is 0 Å². The molecule has 0 amide bonds. The van der Waals surface area contributed by atoms with Crippen LogP contribution in [0, 0.1) is 17.5 Å². The predicted octanol–water partition coefficient (Wildman–Crippen LogP) is 9.62. The monoisotopic (exact) mass is 891 g/mol. The van der Waals surface area contributed by atoms with Crippen LogP contribution in [0.4, 0.5) is 30.5 Å². The lowest BCUT2D eigenvalue weighted by Gasteiger charge is -2.28. The van der Waals surface area contributed by atoms with Crippen molar-refractivity contribution in [3.63, 3.8) is 0 Å². The molecule has 0 radical (unpaired) electrons. The number of aromatic nitrogens is 6. The zero-order valence-corrected chi connectivity index (χ0v) is 36.2. The van der Waals surface area contributed by atoms with Gasteiger partial charge < -0.3 is 43.9 Å². The Bertz CT molecular complexity index is 2840. The van der Waals surface area contributed by atoms with Gasteiger partial charge in [-0.2, -0.15) is 0 Å². The van der Waals surface area contributed by atoms with Crippen molar-refractivity contribution in [2.75, 3.05) is 93.6 Å². The standard InChI is InChI=1S/3C17H16FN3O/c18-14-9-13(11-19-17(14)21-5-7-22-8-6-21)16-10-12-3-1-2-4-15(12)20-16;18-14-10-17(21-5-7-22-8-6-21)19-11-13(14)16-9-12-3-1-2-4-15(12)20-16;18-13-10-15(16-9-12-3-1-2-4-14(12)20-16)19-11-17(13)21-5-7-22-8-6-21/h3*1-4,9-11,20H,5-8H2. The second kappa shape index (κ2) is 19.5. The highest BCUT2D eigenvalue weighted by Crippen LogP contribution is 2.30. The lowest BCUT2D eigenvalue weighted by molar-refractivity contribution is 0.122. The third kappa shape index (κ3) is 9.45. The third-order valence-corrected chi connectivity index (χ3v) is 12.0. The summed E-state index contributed by atoms with van der Waals surface area (Å²) in [5, 5.41) is 3.27. The molecule has 336 valence electrons. The molecule has 9 heterocycles. The minimum absolute atomic E-state index is 0.245. The van der Waals surface area contributed by atoms with Crippen LogP contribution in [0.25, 0.3) is 66.6 Å². The Morgan fingerprint density at radius 3 is 1.52 bits per heavy atom. The molecule has 0 bridgehead atoms. The molecule has 15 heteroatoms. The Hall–Kier alpha value is -7.20. The first kappa shape index (κ1) is 42.7. The van der Waals surface area contributed by atoms with E-state index in [1.807, 2.05) is 106 Å². The molecule has 3 N–H and O–H groups in total. The van der Waals surface area contributed by atoms with Crippen molar-refractivity contribution in [3.8, 4) is 33.9 Å². The number of pyridine rings is 3. The molecule has 0 saturated carbocycles. The quantitative estimate of drug-likeness (QED) is 0.150. The van der Waals surface area contributed by atoms with Crippen LogP contribution in [-0.2, 0) is 14.2 Å². The van der Waals surface area contributed by atoms with Crippen LogP contribution in [-0.4, -0.2) is 109 Å². The average molecular weight is 892 g/mol. The van der Waals surface area contributed by atoms with Crippen molar-refractivity contribution in [2.45, 2.75) is 0 Å². The van der Waals surface area contributed by atoms with Gasteiger partial charge in [0.25, 0.3) is 0 Å². The zero-order valence-electron chi connectivity index (χ0n) is 36.2. The molecule has 0 unspecified atom stereocenters. The van der Waals surface area contributed by atoms with Gasteiger partial charge in [0.1, 0.15) is 17.5 Å². The second-order valence-corrected chi connectivity index (χ2v) is 16.2. The van der Waals surface area contributed by atoms with Crippen molar-refractivity contribution in [2.24, 2.45) is 0 Å². The van der Waals surface area contributed by atoms with Crippen molar-refractivity contribution < 1.29 is 27.4 Å². The Balaban J connectivity index is 0.000000116. The topological polar surface area (TPSA) is 123 Å². The van der Waals surface area contributed by atoms with Crippen molar-refractivity contribution in [3.05, 3.63) is 145 Å².